The molecule has 0 bridgehead atoms. The van der Waals surface area contributed by atoms with Crippen LogP contribution in [0.25, 0.3) is 0 Å². The van der Waals surface area contributed by atoms with E-state index in [2.05, 4.69) is 32.4 Å². The highest BCUT2D eigenvalue weighted by Gasteiger charge is 2.33. The Morgan fingerprint density at radius 1 is 1.17 bits per heavy atom. The Balaban J connectivity index is 1.70. The van der Waals surface area contributed by atoms with Crippen LogP contribution >= 0.6 is 0 Å². The molecule has 1 aliphatic rings. The lowest BCUT2D eigenvalue weighted by Gasteiger charge is -2.32. The minimum Gasteiger partial charge on any atom is -0.495 e. The number of nitrogens with one attached hydrogen (secondary N) is 2. The minimum atomic E-state index is -4.61. The Bertz CT molecular complexity index is 1260. The van der Waals surface area contributed by atoms with Gasteiger partial charge in [-0.1, -0.05) is 12.1 Å². The molecule has 1 unspecified atom stereocenters. The van der Waals surface area contributed by atoms with Crippen LogP contribution in [0.1, 0.15) is 34.0 Å². The Hall–Kier alpha value is -3.86. The fourth-order valence-electron chi connectivity index (χ4n) is 3.97. The molecule has 3 aromatic rings. The number of alkyl halides is 3. The van der Waals surface area contributed by atoms with Gasteiger partial charge in [0.05, 0.1) is 24.0 Å². The third kappa shape index (κ3) is 5.14. The van der Waals surface area contributed by atoms with Gasteiger partial charge in [-0.15, -0.1) is 0 Å². The number of ether oxygens (including phenoxy) is 1. The van der Waals surface area contributed by atoms with Gasteiger partial charge in [0.25, 0.3) is 5.91 Å². The van der Waals surface area contributed by atoms with Crippen molar-refractivity contribution >= 4 is 29.0 Å². The number of amides is 1. The van der Waals surface area contributed by atoms with Gasteiger partial charge in [-0.3, -0.25) is 9.69 Å². The maximum atomic E-state index is 13.5. The van der Waals surface area contributed by atoms with Gasteiger partial charge in [-0.05, 0) is 55.8 Å². The largest absolute Gasteiger partial charge is 0.495 e. The summed E-state index contributed by atoms with van der Waals surface area (Å²) in [7, 11) is 3.59. The molecule has 35 heavy (non-hydrogen) atoms. The van der Waals surface area contributed by atoms with E-state index in [1.807, 2.05) is 19.2 Å². The van der Waals surface area contributed by atoms with Gasteiger partial charge < -0.3 is 21.1 Å². The molecule has 0 radical (unpaired) electrons. The highest BCUT2D eigenvalue weighted by molar-refractivity contribution is 5.98. The number of likely N-dealkylation sites (N-methyl/N-ethyl adjacent to an activating group) is 1. The maximum Gasteiger partial charge on any atom is 0.418 e. The van der Waals surface area contributed by atoms with Crippen LogP contribution in [0.4, 0.5) is 36.3 Å². The third-order valence-corrected chi connectivity index (χ3v) is 6.00. The maximum absolute atomic E-state index is 13.5. The van der Waals surface area contributed by atoms with Gasteiger partial charge in [-0.2, -0.15) is 18.2 Å². The molecule has 4 N–H and O–H groups in total. The fourth-order valence-corrected chi connectivity index (χ4v) is 3.97. The average molecular weight is 486 g/mol. The smallest absolute Gasteiger partial charge is 0.418 e. The first kappa shape index (κ1) is 24.3. The predicted molar refractivity (Wildman–Crippen MR) is 126 cm³/mol. The van der Waals surface area contributed by atoms with Crippen LogP contribution in [0.15, 0.2) is 42.6 Å². The topological polar surface area (TPSA) is 105 Å². The summed E-state index contributed by atoms with van der Waals surface area (Å²) >= 11 is 0. The number of carbonyl (C=O) groups is 1. The molecule has 0 saturated carbocycles. The molecule has 0 fully saturated rings. The molecule has 4 rings (SSSR count). The number of carbonyl (C=O) groups excluding carboxylic acids is 1. The highest BCUT2D eigenvalue weighted by atomic mass is 19.4. The lowest BCUT2D eigenvalue weighted by molar-refractivity contribution is -0.136. The summed E-state index contributed by atoms with van der Waals surface area (Å²) in [6.07, 6.45) is -2.57. The van der Waals surface area contributed by atoms with E-state index in [4.69, 9.17) is 10.5 Å². The van der Waals surface area contributed by atoms with Gasteiger partial charge in [-0.25, -0.2) is 4.98 Å². The van der Waals surface area contributed by atoms with Crippen molar-refractivity contribution in [3.8, 4) is 5.75 Å². The zero-order valence-electron chi connectivity index (χ0n) is 19.4. The van der Waals surface area contributed by atoms with Gasteiger partial charge in [0.15, 0.2) is 0 Å². The van der Waals surface area contributed by atoms with Gasteiger partial charge in [0.1, 0.15) is 17.1 Å². The van der Waals surface area contributed by atoms with Crippen molar-refractivity contribution in [3.63, 3.8) is 0 Å². The van der Waals surface area contributed by atoms with Crippen LogP contribution in [0, 0.1) is 0 Å². The van der Waals surface area contributed by atoms with E-state index in [1.165, 1.54) is 23.8 Å². The van der Waals surface area contributed by atoms with Crippen LogP contribution in [0.2, 0.25) is 0 Å². The predicted octanol–water partition coefficient (Wildman–Crippen LogP) is 4.47. The van der Waals surface area contributed by atoms with Crippen molar-refractivity contribution in [1.29, 1.82) is 0 Å². The molecule has 1 amide bonds. The van der Waals surface area contributed by atoms with Crippen LogP contribution in [-0.2, 0) is 19.1 Å². The molecule has 0 saturated heterocycles. The summed E-state index contributed by atoms with van der Waals surface area (Å²) in [5.74, 6) is -0.415. The number of primary amides is 1. The highest BCUT2D eigenvalue weighted by Crippen LogP contribution is 2.37. The van der Waals surface area contributed by atoms with E-state index >= 15 is 0 Å². The third-order valence-electron chi connectivity index (χ3n) is 6.00. The van der Waals surface area contributed by atoms with E-state index < -0.39 is 17.6 Å². The summed E-state index contributed by atoms with van der Waals surface area (Å²) in [4.78, 5) is 22.5. The number of halogens is 3. The summed E-state index contributed by atoms with van der Waals surface area (Å²) in [6.45, 7) is 2.90. The van der Waals surface area contributed by atoms with Crippen molar-refractivity contribution in [2.45, 2.75) is 32.1 Å². The number of benzene rings is 2. The lowest BCUT2D eigenvalue weighted by Crippen LogP contribution is -2.35. The number of rotatable bonds is 6. The summed E-state index contributed by atoms with van der Waals surface area (Å²) in [5.41, 5.74) is 6.96. The number of aromatic nitrogens is 2. The number of fused-ring (bicyclic) bond motifs is 1. The Kier molecular flexibility index (Phi) is 6.53. The first-order chi connectivity index (χ1) is 16.6. The van der Waals surface area contributed by atoms with Crippen LogP contribution in [0.3, 0.4) is 0 Å². The summed E-state index contributed by atoms with van der Waals surface area (Å²) < 4.78 is 45.9. The lowest BCUT2D eigenvalue weighted by atomic mass is 9.94. The van der Waals surface area contributed by atoms with Crippen molar-refractivity contribution < 1.29 is 22.7 Å². The molecule has 184 valence electrons. The van der Waals surface area contributed by atoms with Crippen molar-refractivity contribution in [2.75, 3.05) is 24.8 Å². The number of hydrogen-bond donors (Lipinski definition) is 3. The van der Waals surface area contributed by atoms with E-state index in [1.54, 1.807) is 7.11 Å². The number of methoxy groups -OCH3 is 1. The number of hydrogen-bond acceptors (Lipinski definition) is 7. The Morgan fingerprint density at radius 3 is 2.60 bits per heavy atom. The van der Waals surface area contributed by atoms with Gasteiger partial charge in [0, 0.05) is 18.8 Å². The van der Waals surface area contributed by atoms with E-state index in [0.29, 0.717) is 17.5 Å². The van der Waals surface area contributed by atoms with Crippen LogP contribution in [-0.4, -0.2) is 41.0 Å². The molecule has 0 spiro atoms. The SMILES string of the molecule is COc1cc2c(cc1Nc1ncc(C(N)=O)c(Nc3ccccc3C(F)(F)F)n1)CN(C)C(C)C2. The van der Waals surface area contributed by atoms with E-state index in [-0.39, 0.29) is 23.0 Å². The molecule has 0 aliphatic carbocycles. The molecule has 2 aromatic carbocycles. The minimum absolute atomic E-state index is 0.0535. The molecule has 1 atom stereocenters. The molecular weight excluding hydrogens is 461 g/mol. The van der Waals surface area contributed by atoms with Gasteiger partial charge >= 0.3 is 6.18 Å². The molecule has 1 aromatic heterocycles. The fraction of sp³-hybridized carbons (Fsp3) is 0.292. The Morgan fingerprint density at radius 2 is 1.91 bits per heavy atom. The summed E-state index contributed by atoms with van der Waals surface area (Å²) in [5, 5.41) is 5.65. The van der Waals surface area contributed by atoms with Crippen LogP contribution < -0.4 is 21.1 Å². The number of para-hydroxylation sites is 1. The standard InChI is InChI=1S/C24H25F3N6O2/c1-13-8-14-10-20(35-3)19(9-15(14)12-33(13)2)31-23-29-11-16(21(28)34)22(32-23)30-18-7-5-4-6-17(18)24(25,26)27/h4-7,9-11,13H,8,12H2,1-3H3,(H2,28,34)(H2,29,30,31,32). The first-order valence-corrected chi connectivity index (χ1v) is 10.8. The second kappa shape index (κ2) is 9.41. The number of nitrogens with two attached hydrogens (primary N) is 1. The molecule has 11 heteroatoms. The molecule has 2 heterocycles. The van der Waals surface area contributed by atoms with Crippen molar-refractivity contribution in [3.05, 3.63) is 64.8 Å². The number of anilines is 4. The van der Waals surface area contributed by atoms with Crippen LogP contribution in [0.5, 0.6) is 5.75 Å². The summed E-state index contributed by atoms with van der Waals surface area (Å²) in [6, 6.07) is 9.18. The van der Waals surface area contributed by atoms with Gasteiger partial charge in [0.2, 0.25) is 5.95 Å². The van der Waals surface area contributed by atoms with E-state index in [9.17, 15) is 18.0 Å². The van der Waals surface area contributed by atoms with Crippen molar-refractivity contribution in [1.82, 2.24) is 14.9 Å². The quantitative estimate of drug-likeness (QED) is 0.472. The first-order valence-electron chi connectivity index (χ1n) is 10.8. The van der Waals surface area contributed by atoms with Crippen molar-refractivity contribution in [2.24, 2.45) is 5.73 Å². The second-order valence-electron chi connectivity index (χ2n) is 8.40. The molecule has 1 aliphatic heterocycles. The Labute approximate surface area is 200 Å². The monoisotopic (exact) mass is 486 g/mol. The van der Waals surface area contributed by atoms with E-state index in [0.717, 1.165) is 30.8 Å². The number of nitrogens with zero attached hydrogens (tertiary/aromatic N) is 3. The normalized spacial score (nSPS) is 15.9. The zero-order valence-corrected chi connectivity index (χ0v) is 19.4. The average Bonchev–Trinajstić information content (AvgIpc) is 2.79. The zero-order chi connectivity index (χ0) is 25.3. The molecular formula is C24H25F3N6O2. The second-order valence-corrected chi connectivity index (χ2v) is 8.40. The molecule has 8 nitrogen and oxygen atoms in total.